The molecule has 0 saturated heterocycles. The van der Waals surface area contributed by atoms with E-state index in [4.69, 9.17) is 9.47 Å². The van der Waals surface area contributed by atoms with E-state index in [0.717, 1.165) is 16.6 Å². The highest BCUT2D eigenvalue weighted by atomic mass is 79.9. The lowest BCUT2D eigenvalue weighted by Gasteiger charge is -2.15. The molecule has 7 nitrogen and oxygen atoms in total. The summed E-state index contributed by atoms with van der Waals surface area (Å²) < 4.78 is 12.2. The van der Waals surface area contributed by atoms with Crippen LogP contribution < -0.4 is 14.8 Å². The van der Waals surface area contributed by atoms with Gasteiger partial charge in [-0.1, -0.05) is 24.3 Å². The fourth-order valence-corrected chi connectivity index (χ4v) is 4.11. The Labute approximate surface area is 211 Å². The summed E-state index contributed by atoms with van der Waals surface area (Å²) in [6, 6.07) is 20.9. The summed E-state index contributed by atoms with van der Waals surface area (Å²) in [5.41, 5.74) is 4.49. The number of ether oxygens (including phenoxy) is 2. The van der Waals surface area contributed by atoms with Crippen molar-refractivity contribution in [2.75, 3.05) is 18.5 Å². The van der Waals surface area contributed by atoms with Crippen molar-refractivity contribution >= 4 is 50.2 Å². The predicted molar refractivity (Wildman–Crippen MR) is 140 cm³/mol. The Hall–Kier alpha value is -4.09. The van der Waals surface area contributed by atoms with Crippen molar-refractivity contribution in [3.8, 4) is 17.6 Å². The van der Waals surface area contributed by atoms with Crippen molar-refractivity contribution in [3.63, 3.8) is 0 Å². The fourth-order valence-electron chi connectivity index (χ4n) is 3.53. The van der Waals surface area contributed by atoms with Gasteiger partial charge >= 0.3 is 0 Å². The van der Waals surface area contributed by atoms with Gasteiger partial charge < -0.3 is 19.8 Å². The maximum atomic E-state index is 12.4. The van der Waals surface area contributed by atoms with Crippen LogP contribution in [0, 0.1) is 18.3 Å². The highest BCUT2D eigenvalue weighted by Crippen LogP contribution is 2.38. The van der Waals surface area contributed by atoms with Crippen LogP contribution in [0.15, 0.2) is 65.1 Å². The number of nitrogens with one attached hydrogen (secondary N) is 2. The molecule has 0 bridgehead atoms. The Morgan fingerprint density at radius 2 is 2.00 bits per heavy atom. The zero-order valence-corrected chi connectivity index (χ0v) is 20.8. The van der Waals surface area contributed by atoms with E-state index >= 15 is 0 Å². The normalized spacial score (nSPS) is 11.2. The number of amides is 1. The Morgan fingerprint density at radius 3 is 2.74 bits per heavy atom. The molecule has 0 fully saturated rings. The third kappa shape index (κ3) is 5.89. The molecular formula is C27H23BrN4O3. The summed E-state index contributed by atoms with van der Waals surface area (Å²) in [7, 11) is 0. The van der Waals surface area contributed by atoms with Crippen LogP contribution in [0.3, 0.4) is 0 Å². The van der Waals surface area contributed by atoms with Gasteiger partial charge in [0.15, 0.2) is 18.1 Å². The number of hydrogen-bond acceptors (Lipinski definition) is 5. The number of aromatic nitrogens is 2. The molecule has 2 N–H and O–H groups in total. The maximum absolute atomic E-state index is 12.4. The van der Waals surface area contributed by atoms with Crippen LogP contribution in [0.2, 0.25) is 0 Å². The Balaban J connectivity index is 1.56. The summed E-state index contributed by atoms with van der Waals surface area (Å²) in [6.07, 6.45) is 1.72. The molecule has 1 heterocycles. The van der Waals surface area contributed by atoms with E-state index in [1.54, 1.807) is 18.2 Å². The molecule has 1 aromatic heterocycles. The standard InChI is InChI=1S/C27H23BrN4O3/c1-3-34-24-14-18(12-19(15-29)27-31-22-9-4-5-10-23(22)32-27)13-21(28)26(24)35-16-25(33)30-20-8-6-7-17(2)11-20/h4-14H,3,16H2,1-2H3,(H,30,33)(H,31,32)/b19-12+. The summed E-state index contributed by atoms with van der Waals surface area (Å²) in [5.74, 6) is 1.06. The number of aromatic amines is 1. The molecule has 8 heteroatoms. The third-order valence-corrected chi connectivity index (χ3v) is 5.65. The third-order valence-electron chi connectivity index (χ3n) is 5.06. The molecule has 4 rings (SSSR count). The molecule has 0 aliphatic carbocycles. The molecular weight excluding hydrogens is 508 g/mol. The molecule has 0 radical (unpaired) electrons. The van der Waals surface area contributed by atoms with Crippen LogP contribution in [0.5, 0.6) is 11.5 Å². The monoisotopic (exact) mass is 530 g/mol. The van der Waals surface area contributed by atoms with Crippen molar-refractivity contribution in [3.05, 3.63) is 82.1 Å². The number of aryl methyl sites for hydroxylation is 1. The molecule has 0 aliphatic rings. The van der Waals surface area contributed by atoms with Crippen LogP contribution in [0.1, 0.15) is 23.9 Å². The van der Waals surface area contributed by atoms with Gasteiger partial charge in [-0.2, -0.15) is 5.26 Å². The Morgan fingerprint density at radius 1 is 1.17 bits per heavy atom. The molecule has 3 aromatic carbocycles. The Kier molecular flexibility index (Phi) is 7.48. The number of carbonyl (C=O) groups excluding carboxylic acids is 1. The van der Waals surface area contributed by atoms with Gasteiger partial charge in [0.2, 0.25) is 0 Å². The first kappa shape index (κ1) is 24.0. The van der Waals surface area contributed by atoms with Crippen molar-refractivity contribution in [2.24, 2.45) is 0 Å². The minimum atomic E-state index is -0.287. The van der Waals surface area contributed by atoms with Crippen LogP contribution >= 0.6 is 15.9 Å². The molecule has 0 spiro atoms. The van der Waals surface area contributed by atoms with Crippen LogP contribution in [0.4, 0.5) is 5.69 Å². The lowest BCUT2D eigenvalue weighted by atomic mass is 10.1. The van der Waals surface area contributed by atoms with Crippen LogP contribution in [-0.4, -0.2) is 29.1 Å². The smallest absolute Gasteiger partial charge is 0.262 e. The van der Waals surface area contributed by atoms with Gasteiger partial charge in [0.25, 0.3) is 5.91 Å². The van der Waals surface area contributed by atoms with Crippen LogP contribution in [0.25, 0.3) is 22.7 Å². The zero-order chi connectivity index (χ0) is 24.8. The quantitative estimate of drug-likeness (QED) is 0.267. The van der Waals surface area contributed by atoms with Gasteiger partial charge in [0, 0.05) is 5.69 Å². The summed E-state index contributed by atoms with van der Waals surface area (Å²) >= 11 is 3.52. The Bertz CT molecular complexity index is 1420. The predicted octanol–water partition coefficient (Wildman–Crippen LogP) is 6.11. The molecule has 1 amide bonds. The molecule has 0 saturated carbocycles. The van der Waals surface area contributed by atoms with Gasteiger partial charge in [-0.25, -0.2) is 4.98 Å². The fraction of sp³-hybridized carbons (Fsp3) is 0.148. The number of allylic oxidation sites excluding steroid dienone is 1. The van der Waals surface area contributed by atoms with Crippen molar-refractivity contribution in [1.82, 2.24) is 9.97 Å². The highest BCUT2D eigenvalue weighted by molar-refractivity contribution is 9.10. The van der Waals surface area contributed by atoms with Crippen molar-refractivity contribution in [2.45, 2.75) is 13.8 Å². The second kappa shape index (κ2) is 10.9. The number of nitrogens with zero attached hydrogens (tertiary/aromatic N) is 2. The van der Waals surface area contributed by atoms with Crippen molar-refractivity contribution in [1.29, 1.82) is 5.26 Å². The first-order valence-corrected chi connectivity index (χ1v) is 11.8. The number of rotatable bonds is 8. The lowest BCUT2D eigenvalue weighted by Crippen LogP contribution is -2.20. The van der Waals surface area contributed by atoms with Crippen molar-refractivity contribution < 1.29 is 14.3 Å². The van der Waals surface area contributed by atoms with E-state index in [1.807, 2.05) is 62.4 Å². The summed E-state index contributed by atoms with van der Waals surface area (Å²) in [6.45, 7) is 4.03. The summed E-state index contributed by atoms with van der Waals surface area (Å²) in [4.78, 5) is 20.1. The molecule has 176 valence electrons. The SMILES string of the molecule is CCOc1cc(/C=C(\C#N)c2nc3ccccc3[nH]2)cc(Br)c1OCC(=O)Nc1cccc(C)c1. The van der Waals surface area contributed by atoms with E-state index in [9.17, 15) is 10.1 Å². The number of carbonyl (C=O) groups is 1. The van der Waals surface area contributed by atoms with Gasteiger partial charge in [-0.15, -0.1) is 0 Å². The average Bonchev–Trinajstić information content (AvgIpc) is 3.26. The second-order valence-corrected chi connectivity index (χ2v) is 8.60. The number of fused-ring (bicyclic) bond motifs is 1. The number of para-hydroxylation sites is 2. The number of H-pyrrole nitrogens is 1. The summed E-state index contributed by atoms with van der Waals surface area (Å²) in [5, 5.41) is 12.6. The maximum Gasteiger partial charge on any atom is 0.262 e. The van der Waals surface area contributed by atoms with E-state index < -0.39 is 0 Å². The van der Waals surface area contributed by atoms with Gasteiger partial charge in [0.1, 0.15) is 11.9 Å². The second-order valence-electron chi connectivity index (χ2n) is 7.74. The first-order chi connectivity index (χ1) is 17.0. The van der Waals surface area contributed by atoms with Gasteiger partial charge in [0.05, 0.1) is 27.7 Å². The zero-order valence-electron chi connectivity index (χ0n) is 19.3. The average molecular weight is 531 g/mol. The minimum absolute atomic E-state index is 0.190. The molecule has 0 aliphatic heterocycles. The number of hydrogen-bond donors (Lipinski definition) is 2. The molecule has 35 heavy (non-hydrogen) atoms. The van der Waals surface area contributed by atoms with Gasteiger partial charge in [-0.05, 0) is 83.4 Å². The number of nitriles is 1. The largest absolute Gasteiger partial charge is 0.490 e. The molecule has 0 unspecified atom stereocenters. The van der Waals surface area contributed by atoms with E-state index in [0.29, 0.717) is 45.2 Å². The van der Waals surface area contributed by atoms with Crippen LogP contribution in [-0.2, 0) is 4.79 Å². The molecule has 4 aromatic rings. The number of halogens is 1. The lowest BCUT2D eigenvalue weighted by molar-refractivity contribution is -0.118. The minimum Gasteiger partial charge on any atom is -0.490 e. The first-order valence-electron chi connectivity index (χ1n) is 11.0. The van der Waals surface area contributed by atoms with E-state index in [2.05, 4.69) is 37.3 Å². The molecule has 0 atom stereocenters. The topological polar surface area (TPSA) is 100 Å². The van der Waals surface area contributed by atoms with Gasteiger partial charge in [-0.3, -0.25) is 4.79 Å². The highest BCUT2D eigenvalue weighted by Gasteiger charge is 2.15. The number of anilines is 1. The van der Waals surface area contributed by atoms with E-state index in [1.165, 1.54) is 0 Å². The number of benzene rings is 3. The number of imidazole rings is 1. The van der Waals surface area contributed by atoms with E-state index in [-0.39, 0.29) is 12.5 Å².